The molecule has 0 radical (unpaired) electrons. The molecule has 2 aromatic carbocycles. The average molecular weight is 491 g/mol. The van der Waals surface area contributed by atoms with E-state index in [2.05, 4.69) is 46.2 Å². The maximum atomic E-state index is 2.75. The van der Waals surface area contributed by atoms with Gasteiger partial charge in [0.25, 0.3) is 0 Å². The molecule has 2 nitrogen and oxygen atoms in total. The lowest BCUT2D eigenvalue weighted by molar-refractivity contribution is 0.531. The molecule has 2 aromatic rings. The minimum absolute atomic E-state index is 1.22. The normalized spacial score (nSPS) is 21.3. The molecule has 2 aliphatic rings. The Kier molecular flexibility index (Phi) is 12.3. The lowest BCUT2D eigenvalue weighted by Gasteiger charge is -2.30. The maximum absolute atomic E-state index is 2.75. The third-order valence-corrected chi connectivity index (χ3v) is 8.77. The molecule has 4 rings (SSSR count). The fraction of sp³-hybridized carbons (Fsp3) is 0.706. The van der Waals surface area contributed by atoms with Gasteiger partial charge in [-0.2, -0.15) is 0 Å². The second kappa shape index (κ2) is 16.2. The third kappa shape index (κ3) is 8.70. The topological polar surface area (TPSA) is 6.48 Å². The molecule has 0 aromatic heterocycles. The Labute approximate surface area is 222 Å². The number of fused-ring (bicyclic) bond motifs is 1. The predicted octanol–water partition coefficient (Wildman–Crippen LogP) is 10.3. The number of hydrogen-bond donors (Lipinski definition) is 0. The van der Waals surface area contributed by atoms with Crippen LogP contribution in [0.5, 0.6) is 0 Å². The van der Waals surface area contributed by atoms with Crippen molar-refractivity contribution in [3.05, 3.63) is 36.4 Å². The number of anilines is 2. The average Bonchev–Trinajstić information content (AvgIpc) is 2.90. The van der Waals surface area contributed by atoms with Crippen molar-refractivity contribution in [2.45, 2.75) is 128 Å². The molecule has 2 heteroatoms. The molecule has 0 amide bonds. The maximum Gasteiger partial charge on any atom is 0.0447 e. The highest BCUT2D eigenvalue weighted by molar-refractivity contribution is 6.02. The first kappa shape index (κ1) is 27.3. The minimum Gasteiger partial charge on any atom is -0.371 e. The SMILES string of the molecule is c1ccc2c3ccc(c2c1)N1CCCCCCCCCCCCN3CCCCCCCCCCCC1. The van der Waals surface area contributed by atoms with Crippen LogP contribution in [-0.2, 0) is 0 Å². The second-order valence-electron chi connectivity index (χ2n) is 11.7. The number of benzene rings is 2. The van der Waals surface area contributed by atoms with E-state index in [4.69, 9.17) is 0 Å². The van der Waals surface area contributed by atoms with E-state index in [9.17, 15) is 0 Å². The highest BCUT2D eigenvalue weighted by Crippen LogP contribution is 2.35. The lowest BCUT2D eigenvalue weighted by atomic mass is 10.0. The van der Waals surface area contributed by atoms with Gasteiger partial charge in [0.15, 0.2) is 0 Å². The Morgan fingerprint density at radius 1 is 0.306 bits per heavy atom. The van der Waals surface area contributed by atoms with Crippen molar-refractivity contribution in [1.29, 1.82) is 0 Å². The van der Waals surface area contributed by atoms with Gasteiger partial charge < -0.3 is 9.80 Å². The monoisotopic (exact) mass is 490 g/mol. The largest absolute Gasteiger partial charge is 0.371 e. The van der Waals surface area contributed by atoms with Gasteiger partial charge >= 0.3 is 0 Å². The van der Waals surface area contributed by atoms with Crippen LogP contribution in [-0.4, -0.2) is 26.2 Å². The standard InChI is InChI=1S/C34H54N2/c1-2-6-10-14-20-28-36-30-22-16-12-8-4-3-7-11-15-21-29-35(27-19-13-9-5-1)33-25-26-34(36)32-24-18-17-23-31(32)33/h17-18,23-26H,1-16,19-22,27-30H2. The van der Waals surface area contributed by atoms with E-state index in [0.717, 1.165) is 0 Å². The van der Waals surface area contributed by atoms with Crippen molar-refractivity contribution in [2.24, 2.45) is 0 Å². The first-order valence-corrected chi connectivity index (χ1v) is 16.0. The first-order chi connectivity index (χ1) is 17.9. The van der Waals surface area contributed by atoms with Crippen molar-refractivity contribution < 1.29 is 0 Å². The summed E-state index contributed by atoms with van der Waals surface area (Å²) in [5.41, 5.74) is 2.97. The molecule has 0 N–H and O–H groups in total. The molecule has 36 heavy (non-hydrogen) atoms. The van der Waals surface area contributed by atoms with Crippen LogP contribution in [0.4, 0.5) is 11.4 Å². The molecule has 0 atom stereocenters. The second-order valence-corrected chi connectivity index (χ2v) is 11.7. The lowest BCUT2D eigenvalue weighted by Crippen LogP contribution is -2.28. The van der Waals surface area contributed by atoms with Crippen LogP contribution in [0.25, 0.3) is 10.8 Å². The van der Waals surface area contributed by atoms with Gasteiger partial charge in [-0.05, 0) is 37.8 Å². The number of hydrogen-bond acceptors (Lipinski definition) is 2. The molecule has 4 bridgehead atoms. The zero-order chi connectivity index (χ0) is 24.7. The van der Waals surface area contributed by atoms with Crippen LogP contribution in [0.3, 0.4) is 0 Å². The van der Waals surface area contributed by atoms with Gasteiger partial charge in [0.1, 0.15) is 0 Å². The fourth-order valence-electron chi connectivity index (χ4n) is 6.56. The van der Waals surface area contributed by atoms with Crippen molar-refractivity contribution in [3.63, 3.8) is 0 Å². The Hall–Kier alpha value is -1.70. The Morgan fingerprint density at radius 2 is 0.556 bits per heavy atom. The number of rotatable bonds is 0. The Morgan fingerprint density at radius 3 is 0.833 bits per heavy atom. The molecular formula is C34H54N2. The van der Waals surface area contributed by atoms with Crippen molar-refractivity contribution >= 4 is 22.1 Å². The Balaban J connectivity index is 1.63. The summed E-state index contributed by atoms with van der Waals surface area (Å²) in [4.78, 5) is 5.51. The summed E-state index contributed by atoms with van der Waals surface area (Å²) in [5, 5.41) is 2.95. The van der Waals surface area contributed by atoms with E-state index >= 15 is 0 Å². The highest BCUT2D eigenvalue weighted by Gasteiger charge is 2.16. The summed E-state index contributed by atoms with van der Waals surface area (Å²) >= 11 is 0. The van der Waals surface area contributed by atoms with Gasteiger partial charge in [0.05, 0.1) is 0 Å². The van der Waals surface area contributed by atoms with Gasteiger partial charge in [-0.1, -0.05) is 127 Å². The van der Waals surface area contributed by atoms with E-state index in [0.29, 0.717) is 0 Å². The summed E-state index contributed by atoms with van der Waals surface area (Å²) in [6, 6.07) is 14.3. The van der Waals surface area contributed by atoms with Crippen LogP contribution in [0.1, 0.15) is 128 Å². The molecule has 0 spiro atoms. The summed E-state index contributed by atoms with van der Waals surface area (Å²) in [6.45, 7) is 4.86. The third-order valence-electron chi connectivity index (χ3n) is 8.77. The van der Waals surface area contributed by atoms with E-state index < -0.39 is 0 Å². The summed E-state index contributed by atoms with van der Waals surface area (Å²) in [6.07, 6.45) is 28.1. The van der Waals surface area contributed by atoms with Crippen LogP contribution in [0.15, 0.2) is 36.4 Å². The smallest absolute Gasteiger partial charge is 0.0447 e. The molecule has 0 unspecified atom stereocenters. The number of nitrogens with zero attached hydrogens (tertiary/aromatic N) is 2. The van der Waals surface area contributed by atoms with Crippen LogP contribution >= 0.6 is 0 Å². The van der Waals surface area contributed by atoms with Crippen LogP contribution < -0.4 is 9.80 Å². The molecule has 0 aliphatic carbocycles. The predicted molar refractivity (Wildman–Crippen MR) is 161 cm³/mol. The fourth-order valence-corrected chi connectivity index (χ4v) is 6.56. The molecule has 0 saturated carbocycles. The van der Waals surface area contributed by atoms with Gasteiger partial charge in [-0.15, -0.1) is 0 Å². The molecular weight excluding hydrogens is 436 g/mol. The summed E-state index contributed by atoms with van der Waals surface area (Å²) in [7, 11) is 0. The van der Waals surface area contributed by atoms with E-state index in [-0.39, 0.29) is 0 Å². The minimum atomic E-state index is 1.22. The first-order valence-electron chi connectivity index (χ1n) is 16.0. The van der Waals surface area contributed by atoms with Crippen molar-refractivity contribution in [2.75, 3.05) is 36.0 Å². The van der Waals surface area contributed by atoms with Crippen LogP contribution in [0, 0.1) is 0 Å². The van der Waals surface area contributed by atoms with Gasteiger partial charge in [-0.25, -0.2) is 0 Å². The van der Waals surface area contributed by atoms with E-state index in [1.807, 2.05) is 0 Å². The quantitative estimate of drug-likeness (QED) is 0.362. The molecule has 2 heterocycles. The summed E-state index contributed by atoms with van der Waals surface area (Å²) in [5.74, 6) is 0. The summed E-state index contributed by atoms with van der Waals surface area (Å²) < 4.78 is 0. The molecule has 2 aliphatic heterocycles. The molecule has 200 valence electrons. The van der Waals surface area contributed by atoms with Gasteiger partial charge in [0.2, 0.25) is 0 Å². The van der Waals surface area contributed by atoms with Crippen molar-refractivity contribution in [3.8, 4) is 0 Å². The zero-order valence-corrected chi connectivity index (χ0v) is 23.3. The zero-order valence-electron chi connectivity index (χ0n) is 23.3. The van der Waals surface area contributed by atoms with Gasteiger partial charge in [-0.3, -0.25) is 0 Å². The molecule has 0 saturated heterocycles. The van der Waals surface area contributed by atoms with Crippen molar-refractivity contribution in [1.82, 2.24) is 0 Å². The van der Waals surface area contributed by atoms with E-state index in [1.54, 1.807) is 0 Å². The molecule has 0 fully saturated rings. The highest BCUT2D eigenvalue weighted by atomic mass is 15.1. The van der Waals surface area contributed by atoms with Gasteiger partial charge in [0, 0.05) is 48.3 Å². The van der Waals surface area contributed by atoms with Crippen LogP contribution in [0.2, 0.25) is 0 Å². The van der Waals surface area contributed by atoms with E-state index in [1.165, 1.54) is 177 Å². The Bertz CT molecular complexity index is 761.